The lowest BCUT2D eigenvalue weighted by Gasteiger charge is -2.41. The van der Waals surface area contributed by atoms with Crippen molar-refractivity contribution in [2.75, 3.05) is 41.4 Å². The number of methoxy groups -OCH3 is 2. The van der Waals surface area contributed by atoms with Crippen LogP contribution in [0.15, 0.2) is 0 Å². The van der Waals surface area contributed by atoms with Gasteiger partial charge < -0.3 is 39.9 Å². The lowest BCUT2D eigenvalue weighted by atomic mass is 9.89. The van der Waals surface area contributed by atoms with Crippen LogP contribution in [0.4, 0.5) is 0 Å². The number of carbonyl (C=O) groups excluding carboxylic acids is 4. The van der Waals surface area contributed by atoms with E-state index in [9.17, 15) is 24.3 Å². The first-order valence-corrected chi connectivity index (χ1v) is 17.6. The fourth-order valence-corrected chi connectivity index (χ4v) is 7.56. The van der Waals surface area contributed by atoms with Crippen LogP contribution >= 0.6 is 0 Å². The zero-order valence-corrected chi connectivity index (χ0v) is 31.1. The van der Waals surface area contributed by atoms with Gasteiger partial charge in [0.25, 0.3) is 0 Å². The maximum atomic E-state index is 14.1. The highest BCUT2D eigenvalue weighted by Gasteiger charge is 2.46. The van der Waals surface area contributed by atoms with E-state index in [4.69, 9.17) is 9.47 Å². The highest BCUT2D eigenvalue weighted by molar-refractivity contribution is 6.13. The number of nitrogens with zero attached hydrogens (tertiary/aromatic N) is 3. The molecule has 13 heteroatoms. The molecule has 0 saturated carbocycles. The molecule has 0 unspecified atom stereocenters. The largest absolute Gasteiger partial charge is 0.391 e. The molecule has 47 heavy (non-hydrogen) atoms. The number of aliphatic hydroxyl groups is 1. The summed E-state index contributed by atoms with van der Waals surface area (Å²) in [5.74, 6) is -1.21. The van der Waals surface area contributed by atoms with Crippen LogP contribution in [-0.4, -0.2) is 141 Å². The zero-order valence-electron chi connectivity index (χ0n) is 31.1. The minimum atomic E-state index is -0.764. The Labute approximate surface area is 284 Å². The van der Waals surface area contributed by atoms with Gasteiger partial charge in [0, 0.05) is 34.4 Å². The van der Waals surface area contributed by atoms with Crippen molar-refractivity contribution in [3.8, 4) is 0 Å². The van der Waals surface area contributed by atoms with Gasteiger partial charge in [0.05, 0.1) is 48.8 Å². The summed E-state index contributed by atoms with van der Waals surface area (Å²) in [5.41, 5.74) is 0. The van der Waals surface area contributed by atoms with E-state index >= 15 is 0 Å². The van der Waals surface area contributed by atoms with E-state index in [0.717, 1.165) is 19.3 Å². The second kappa shape index (κ2) is 18.5. The second-order valence-corrected chi connectivity index (χ2v) is 14.6. The Balaban J connectivity index is 2.31. The molecule has 4 amide bonds. The quantitative estimate of drug-likeness (QED) is 0.194. The summed E-state index contributed by atoms with van der Waals surface area (Å²) in [5, 5.41) is 16.7. The Morgan fingerprint density at radius 2 is 1.62 bits per heavy atom. The molecule has 0 aromatic heterocycles. The van der Waals surface area contributed by atoms with Crippen LogP contribution in [0.2, 0.25) is 0 Å². The fourth-order valence-electron chi connectivity index (χ4n) is 7.56. The van der Waals surface area contributed by atoms with Crippen LogP contribution in [0.3, 0.4) is 0 Å². The normalized spacial score (nSPS) is 24.5. The van der Waals surface area contributed by atoms with Crippen LogP contribution < -0.4 is 10.6 Å². The number of β-amino-alcohol motifs (C(OH)–C–C–N with tert-alkyl or cyclic N) is 1. The van der Waals surface area contributed by atoms with Crippen molar-refractivity contribution in [3.63, 3.8) is 0 Å². The number of ether oxygens (including phenoxy) is 2. The molecule has 0 spiro atoms. The molecule has 0 aromatic carbocycles. The molecule has 2 aliphatic rings. The van der Waals surface area contributed by atoms with Gasteiger partial charge in [0.2, 0.25) is 23.6 Å². The molecule has 270 valence electrons. The van der Waals surface area contributed by atoms with E-state index in [1.165, 1.54) is 0 Å². The maximum absolute atomic E-state index is 14.1. The number of amides is 4. The van der Waals surface area contributed by atoms with Gasteiger partial charge in [-0.2, -0.15) is 0 Å². The van der Waals surface area contributed by atoms with E-state index in [1.807, 2.05) is 53.4 Å². The Bertz CT molecular complexity index is 1050. The molecular weight excluding hydrogens is 601 g/mol. The highest BCUT2D eigenvalue weighted by atomic mass is 16.5. The van der Waals surface area contributed by atoms with Crippen molar-refractivity contribution in [3.05, 3.63) is 0 Å². The van der Waals surface area contributed by atoms with Crippen molar-refractivity contribution < 1.29 is 33.8 Å². The number of likely N-dealkylation sites (N-methyl/N-ethyl adjacent to an activating group) is 2. The summed E-state index contributed by atoms with van der Waals surface area (Å²) in [6.45, 7) is 14.4. The summed E-state index contributed by atoms with van der Waals surface area (Å²) in [6.07, 6.45) is 0.964. The van der Waals surface area contributed by atoms with Crippen LogP contribution in [0, 0.1) is 23.7 Å². The van der Waals surface area contributed by atoms with Gasteiger partial charge in [-0.25, -0.2) is 0 Å². The SMILES string of the molecule is B[C@@H]1CCCN1C(=O)[C@H](C)[C@@H](OC)[C@@H]1C[C@@H](O)CN1C(=O)C[C@@H](OC)[C@H]([C@@H](C)CC)N(C)C(=O)[C@@H](NC(=O)[C@@H](NC)C(C)C)C(C)C. The predicted molar refractivity (Wildman–Crippen MR) is 185 cm³/mol. The first-order chi connectivity index (χ1) is 22.0. The topological polar surface area (TPSA) is 141 Å². The molecule has 2 rings (SSSR count). The van der Waals surface area contributed by atoms with Gasteiger partial charge in [-0.3, -0.25) is 19.2 Å². The molecule has 3 N–H and O–H groups in total. The minimum absolute atomic E-state index is 0.00334. The predicted octanol–water partition coefficient (Wildman–Crippen LogP) is 0.844. The highest BCUT2D eigenvalue weighted by Crippen LogP contribution is 2.31. The van der Waals surface area contributed by atoms with Crippen molar-refractivity contribution in [1.82, 2.24) is 25.3 Å². The Kier molecular flexibility index (Phi) is 16.1. The molecule has 0 aromatic rings. The monoisotopic (exact) mass is 665 g/mol. The van der Waals surface area contributed by atoms with E-state index in [1.54, 1.807) is 38.1 Å². The third kappa shape index (κ3) is 9.92. The summed E-state index contributed by atoms with van der Waals surface area (Å²) < 4.78 is 11.9. The molecule has 10 atom stereocenters. The fraction of sp³-hybridized carbons (Fsp3) is 0.882. The van der Waals surface area contributed by atoms with E-state index in [0.29, 0.717) is 13.0 Å². The minimum Gasteiger partial charge on any atom is -0.391 e. The lowest BCUT2D eigenvalue weighted by molar-refractivity contribution is -0.149. The molecule has 2 heterocycles. The Morgan fingerprint density at radius 1 is 1.00 bits per heavy atom. The molecule has 0 aliphatic carbocycles. The smallest absolute Gasteiger partial charge is 0.245 e. The molecule has 12 nitrogen and oxygen atoms in total. The van der Waals surface area contributed by atoms with Gasteiger partial charge in [-0.1, -0.05) is 54.9 Å². The number of hydrogen-bond donors (Lipinski definition) is 3. The molecule has 2 fully saturated rings. The van der Waals surface area contributed by atoms with Gasteiger partial charge >= 0.3 is 0 Å². The van der Waals surface area contributed by atoms with Crippen LogP contribution in [-0.2, 0) is 28.7 Å². The van der Waals surface area contributed by atoms with Crippen molar-refractivity contribution in [1.29, 1.82) is 0 Å². The van der Waals surface area contributed by atoms with E-state index in [-0.39, 0.29) is 60.3 Å². The molecular formula is C34H64BN5O7. The average Bonchev–Trinajstić information content (AvgIpc) is 3.63. The van der Waals surface area contributed by atoms with E-state index in [2.05, 4.69) is 18.5 Å². The van der Waals surface area contributed by atoms with Gasteiger partial charge in [0.1, 0.15) is 13.9 Å². The zero-order chi connectivity index (χ0) is 35.7. The first kappa shape index (κ1) is 41.0. The molecule has 0 bridgehead atoms. The third-order valence-corrected chi connectivity index (χ3v) is 10.6. The number of rotatable bonds is 17. The average molecular weight is 666 g/mol. The second-order valence-electron chi connectivity index (χ2n) is 14.6. The summed E-state index contributed by atoms with van der Waals surface area (Å²) in [6, 6.07) is -2.16. The molecule has 0 radical (unpaired) electrons. The van der Waals surface area contributed by atoms with Gasteiger partial charge in [0.15, 0.2) is 0 Å². The summed E-state index contributed by atoms with van der Waals surface area (Å²) in [7, 11) is 8.59. The lowest BCUT2D eigenvalue weighted by Crippen LogP contribution is -2.59. The number of hydrogen-bond acceptors (Lipinski definition) is 8. The van der Waals surface area contributed by atoms with Crippen LogP contribution in [0.5, 0.6) is 0 Å². The number of nitrogens with one attached hydrogen (secondary N) is 2. The number of likely N-dealkylation sites (tertiary alicyclic amines) is 2. The van der Waals surface area contributed by atoms with Crippen molar-refractivity contribution in [2.24, 2.45) is 23.7 Å². The maximum Gasteiger partial charge on any atom is 0.245 e. The van der Waals surface area contributed by atoms with E-state index < -0.39 is 48.4 Å². The van der Waals surface area contributed by atoms with Crippen LogP contribution in [0.25, 0.3) is 0 Å². The Morgan fingerprint density at radius 3 is 2.09 bits per heavy atom. The van der Waals surface area contributed by atoms with Crippen LogP contribution in [0.1, 0.15) is 80.6 Å². The third-order valence-electron chi connectivity index (χ3n) is 10.6. The summed E-state index contributed by atoms with van der Waals surface area (Å²) in [4.78, 5) is 59.9. The van der Waals surface area contributed by atoms with Crippen molar-refractivity contribution >= 4 is 31.5 Å². The number of carbonyl (C=O) groups is 4. The first-order valence-electron chi connectivity index (χ1n) is 17.6. The Hall–Kier alpha value is -2.22. The molecule has 2 aliphatic heterocycles. The summed E-state index contributed by atoms with van der Waals surface area (Å²) >= 11 is 0. The number of aliphatic hydroxyl groups excluding tert-OH is 1. The standard InChI is InChI=1S/C34H64BN5O7/c1-12-21(6)30(38(9)34(45)29(20(4)5)37-32(43)28(36-8)19(2)3)25(46-10)17-27(42)40-18-23(41)16-24(40)31(47-11)22(7)33(44)39-15-13-14-26(39)35/h19-26,28-31,36,41H,12-18,35H2,1-11H3,(H,37,43)/t21-,22+,23+,24-,25+,26-,28-,29-,30-,31+/m0/s1. The van der Waals surface area contributed by atoms with Gasteiger partial charge in [-0.05, 0) is 50.0 Å². The molecule has 2 saturated heterocycles. The van der Waals surface area contributed by atoms with Crippen molar-refractivity contribution in [2.45, 2.75) is 129 Å². The van der Waals surface area contributed by atoms with Gasteiger partial charge in [-0.15, -0.1) is 0 Å².